The summed E-state index contributed by atoms with van der Waals surface area (Å²) in [6.07, 6.45) is 1.27. The molecule has 0 radical (unpaired) electrons. The summed E-state index contributed by atoms with van der Waals surface area (Å²) in [5.41, 5.74) is 6.06. The van der Waals surface area contributed by atoms with Gasteiger partial charge in [-0.1, -0.05) is 11.6 Å². The first-order valence-corrected chi connectivity index (χ1v) is 5.54. The minimum Gasteiger partial charge on any atom is -0.397 e. The van der Waals surface area contributed by atoms with Gasteiger partial charge in [0.25, 0.3) is 5.91 Å². The minimum absolute atomic E-state index is 0.268. The van der Waals surface area contributed by atoms with Crippen LogP contribution >= 0.6 is 22.9 Å². The van der Waals surface area contributed by atoms with E-state index in [1.807, 2.05) is 0 Å². The van der Waals surface area contributed by atoms with Crippen LogP contribution < -0.4 is 11.1 Å². The molecular weight excluding hydrogens is 248 g/mol. The van der Waals surface area contributed by atoms with Crippen LogP contribution in [0, 0.1) is 0 Å². The quantitative estimate of drug-likeness (QED) is 0.804. The lowest BCUT2D eigenvalue weighted by Gasteiger charge is -2.02. The molecule has 0 bridgehead atoms. The summed E-state index contributed by atoms with van der Waals surface area (Å²) in [5.74, 6) is 0.0417. The molecular formula is C9H7ClN4OS. The minimum atomic E-state index is -0.303. The zero-order chi connectivity index (χ0) is 11.5. The van der Waals surface area contributed by atoms with E-state index in [2.05, 4.69) is 15.3 Å². The highest BCUT2D eigenvalue weighted by Gasteiger charge is 2.11. The summed E-state index contributed by atoms with van der Waals surface area (Å²) < 4.78 is 0. The van der Waals surface area contributed by atoms with Gasteiger partial charge in [-0.05, 0) is 11.4 Å². The Morgan fingerprint density at radius 1 is 1.50 bits per heavy atom. The van der Waals surface area contributed by atoms with Gasteiger partial charge < -0.3 is 11.1 Å². The van der Waals surface area contributed by atoms with Crippen LogP contribution in [0.15, 0.2) is 23.8 Å². The van der Waals surface area contributed by atoms with Crippen molar-refractivity contribution in [1.82, 2.24) is 9.97 Å². The molecule has 2 aromatic heterocycles. The molecule has 0 aliphatic carbocycles. The predicted molar refractivity (Wildman–Crippen MR) is 63.7 cm³/mol. The number of hydrogen-bond acceptors (Lipinski definition) is 5. The molecule has 5 nitrogen and oxygen atoms in total. The van der Waals surface area contributed by atoms with E-state index in [1.165, 1.54) is 23.7 Å². The van der Waals surface area contributed by atoms with Gasteiger partial charge in [0.1, 0.15) is 22.2 Å². The van der Waals surface area contributed by atoms with Gasteiger partial charge in [0, 0.05) is 6.07 Å². The lowest BCUT2D eigenvalue weighted by atomic mass is 10.4. The molecule has 2 heterocycles. The van der Waals surface area contributed by atoms with Crippen molar-refractivity contribution in [3.05, 3.63) is 33.9 Å². The van der Waals surface area contributed by atoms with Crippen LogP contribution in [-0.4, -0.2) is 15.9 Å². The molecule has 0 fully saturated rings. The van der Waals surface area contributed by atoms with Crippen molar-refractivity contribution in [2.75, 3.05) is 11.1 Å². The summed E-state index contributed by atoms with van der Waals surface area (Å²) in [7, 11) is 0. The van der Waals surface area contributed by atoms with Gasteiger partial charge in [-0.25, -0.2) is 9.97 Å². The Hall–Kier alpha value is -1.66. The average molecular weight is 255 g/mol. The van der Waals surface area contributed by atoms with Gasteiger partial charge in [0.15, 0.2) is 0 Å². The smallest absolute Gasteiger partial charge is 0.269 e. The Morgan fingerprint density at radius 2 is 2.31 bits per heavy atom. The number of aromatic nitrogens is 2. The van der Waals surface area contributed by atoms with Crippen LogP contribution in [0.4, 0.5) is 11.5 Å². The zero-order valence-electron chi connectivity index (χ0n) is 7.98. The summed E-state index contributed by atoms with van der Waals surface area (Å²) in [6, 6.07) is 3.13. The maximum Gasteiger partial charge on any atom is 0.269 e. The maximum atomic E-state index is 11.7. The molecule has 0 saturated carbocycles. The van der Waals surface area contributed by atoms with Crippen molar-refractivity contribution in [2.45, 2.75) is 0 Å². The van der Waals surface area contributed by atoms with Crippen LogP contribution in [-0.2, 0) is 0 Å². The number of nitrogens with zero attached hydrogens (tertiary/aromatic N) is 2. The third-order valence-electron chi connectivity index (χ3n) is 1.78. The van der Waals surface area contributed by atoms with Crippen molar-refractivity contribution in [3.63, 3.8) is 0 Å². The molecule has 3 N–H and O–H groups in total. The molecule has 0 aromatic carbocycles. The number of nitrogens with one attached hydrogen (secondary N) is 1. The average Bonchev–Trinajstić information content (AvgIpc) is 2.64. The van der Waals surface area contributed by atoms with Crippen molar-refractivity contribution in [2.24, 2.45) is 0 Å². The second kappa shape index (κ2) is 4.46. The summed E-state index contributed by atoms with van der Waals surface area (Å²) in [5, 5.41) is 4.60. The Morgan fingerprint density at radius 3 is 2.94 bits per heavy atom. The first kappa shape index (κ1) is 10.8. The monoisotopic (exact) mass is 254 g/mol. The van der Waals surface area contributed by atoms with E-state index < -0.39 is 0 Å². The predicted octanol–water partition coefficient (Wildman–Crippen LogP) is 2.03. The summed E-state index contributed by atoms with van der Waals surface area (Å²) in [6.45, 7) is 0. The van der Waals surface area contributed by atoms with Crippen molar-refractivity contribution in [1.29, 1.82) is 0 Å². The second-order valence-electron chi connectivity index (χ2n) is 2.89. The van der Waals surface area contributed by atoms with Crippen LogP contribution in [0.25, 0.3) is 0 Å². The molecule has 7 heteroatoms. The number of carbonyl (C=O) groups is 1. The van der Waals surface area contributed by atoms with Gasteiger partial charge in [-0.3, -0.25) is 4.79 Å². The number of nitrogen functional groups attached to an aromatic ring is 1. The van der Waals surface area contributed by atoms with Crippen molar-refractivity contribution >= 4 is 40.4 Å². The number of rotatable bonds is 2. The third kappa shape index (κ3) is 2.29. The number of anilines is 2. The van der Waals surface area contributed by atoms with Gasteiger partial charge in [0.05, 0.1) is 5.69 Å². The summed E-state index contributed by atoms with van der Waals surface area (Å²) >= 11 is 6.93. The molecule has 1 amide bonds. The number of thiophene rings is 1. The fraction of sp³-hybridized carbons (Fsp3) is 0. The fourth-order valence-corrected chi connectivity index (χ4v) is 1.94. The van der Waals surface area contributed by atoms with Crippen LogP contribution in [0.2, 0.25) is 5.15 Å². The molecule has 0 unspecified atom stereocenters. The van der Waals surface area contributed by atoms with Crippen LogP contribution in [0.1, 0.15) is 9.67 Å². The van der Waals surface area contributed by atoms with E-state index in [-0.39, 0.29) is 11.1 Å². The fourth-order valence-electron chi connectivity index (χ4n) is 1.08. The zero-order valence-corrected chi connectivity index (χ0v) is 9.55. The van der Waals surface area contributed by atoms with E-state index in [4.69, 9.17) is 17.3 Å². The molecule has 2 rings (SSSR count). The third-order valence-corrected chi connectivity index (χ3v) is 2.91. The van der Waals surface area contributed by atoms with Gasteiger partial charge in [0.2, 0.25) is 0 Å². The van der Waals surface area contributed by atoms with Gasteiger partial charge >= 0.3 is 0 Å². The SMILES string of the molecule is Nc1ccsc1C(=O)Nc1cc(Cl)ncn1. The number of nitrogens with two attached hydrogens (primary N) is 1. The lowest BCUT2D eigenvalue weighted by molar-refractivity contribution is 0.103. The number of hydrogen-bond donors (Lipinski definition) is 2. The van der Waals surface area contributed by atoms with Crippen LogP contribution in [0.5, 0.6) is 0 Å². The highest BCUT2D eigenvalue weighted by molar-refractivity contribution is 7.12. The molecule has 0 aliphatic heterocycles. The highest BCUT2D eigenvalue weighted by atomic mass is 35.5. The molecule has 82 valence electrons. The molecule has 0 atom stereocenters. The van der Waals surface area contributed by atoms with Crippen molar-refractivity contribution in [3.8, 4) is 0 Å². The normalized spacial score (nSPS) is 10.1. The Labute approximate surface area is 100 Å². The summed E-state index contributed by atoms with van der Waals surface area (Å²) in [4.78, 5) is 19.7. The number of carbonyl (C=O) groups excluding carboxylic acids is 1. The molecule has 16 heavy (non-hydrogen) atoms. The first-order chi connectivity index (χ1) is 7.66. The lowest BCUT2D eigenvalue weighted by Crippen LogP contribution is -2.12. The first-order valence-electron chi connectivity index (χ1n) is 4.28. The topological polar surface area (TPSA) is 80.9 Å². The molecule has 0 spiro atoms. The second-order valence-corrected chi connectivity index (χ2v) is 4.19. The van der Waals surface area contributed by atoms with Gasteiger partial charge in [-0.2, -0.15) is 0 Å². The number of amides is 1. The Balaban J connectivity index is 2.17. The van der Waals surface area contributed by atoms with E-state index in [0.717, 1.165) is 0 Å². The van der Waals surface area contributed by atoms with E-state index in [1.54, 1.807) is 11.4 Å². The Kier molecular flexibility index (Phi) is 3.02. The molecule has 2 aromatic rings. The van der Waals surface area contributed by atoms with Crippen LogP contribution in [0.3, 0.4) is 0 Å². The van der Waals surface area contributed by atoms with E-state index >= 15 is 0 Å². The number of halogens is 1. The van der Waals surface area contributed by atoms with E-state index in [0.29, 0.717) is 16.4 Å². The van der Waals surface area contributed by atoms with Gasteiger partial charge in [-0.15, -0.1) is 11.3 Å². The largest absolute Gasteiger partial charge is 0.397 e. The maximum absolute atomic E-state index is 11.7. The molecule has 0 aliphatic rings. The highest BCUT2D eigenvalue weighted by Crippen LogP contribution is 2.20. The van der Waals surface area contributed by atoms with E-state index in [9.17, 15) is 4.79 Å². The molecule has 0 saturated heterocycles. The standard InChI is InChI=1S/C9H7ClN4OS/c10-6-3-7(13-4-12-6)14-9(15)8-5(11)1-2-16-8/h1-4H,11H2,(H,12,13,14,15). The Bertz CT molecular complexity index is 528. The van der Waals surface area contributed by atoms with Crippen molar-refractivity contribution < 1.29 is 4.79 Å².